The molecule has 2 aromatic carbocycles. The lowest BCUT2D eigenvalue weighted by Gasteiger charge is -2.16. The van der Waals surface area contributed by atoms with Gasteiger partial charge in [0.25, 0.3) is 0 Å². The number of aromatic amines is 1. The van der Waals surface area contributed by atoms with E-state index in [9.17, 15) is 23.5 Å². The molecule has 33 heavy (non-hydrogen) atoms. The number of H-pyrrole nitrogens is 1. The minimum absolute atomic E-state index is 0.0327. The van der Waals surface area contributed by atoms with Crippen LogP contribution in [-0.2, 0) is 12.8 Å². The molecule has 4 aromatic rings. The first-order valence-corrected chi connectivity index (χ1v) is 9.86. The first kappa shape index (κ1) is 22.2. The third-order valence-corrected chi connectivity index (χ3v) is 5.01. The van der Waals surface area contributed by atoms with Crippen LogP contribution in [0.1, 0.15) is 16.8 Å². The Labute approximate surface area is 190 Å². The van der Waals surface area contributed by atoms with Gasteiger partial charge in [-0.25, -0.2) is 0 Å². The summed E-state index contributed by atoms with van der Waals surface area (Å²) < 4.78 is 44.9. The first-order chi connectivity index (χ1) is 15.8. The molecule has 10 heteroatoms. The van der Waals surface area contributed by atoms with Crippen LogP contribution in [0.3, 0.4) is 0 Å². The lowest BCUT2D eigenvalue weighted by molar-refractivity contribution is -0.141. The van der Waals surface area contributed by atoms with Crippen molar-refractivity contribution in [3.05, 3.63) is 82.8 Å². The van der Waals surface area contributed by atoms with Crippen molar-refractivity contribution < 1.29 is 23.0 Å². The maximum Gasteiger partial charge on any atom is 0.435 e. The van der Waals surface area contributed by atoms with E-state index in [4.69, 9.17) is 16.3 Å². The number of aromatic hydroxyl groups is 1. The zero-order valence-electron chi connectivity index (χ0n) is 16.7. The highest BCUT2D eigenvalue weighted by atomic mass is 35.5. The standard InChI is InChI=1S/C23H14ClF3N4O2/c24-16-3-1-13(2-4-16)12-33-19-6-5-17(18-8-20(31-30-18)23(25,26)27)22(32)21(19)15-7-14(9-28)10-29-11-15/h1-8,10-11,32H,12H2,(H,30,31). The Hall–Kier alpha value is -4.03. The van der Waals surface area contributed by atoms with Crippen LogP contribution in [0.2, 0.25) is 5.02 Å². The molecule has 6 nitrogen and oxygen atoms in total. The molecule has 0 aliphatic rings. The smallest absolute Gasteiger partial charge is 0.435 e. The molecular weight excluding hydrogens is 457 g/mol. The number of phenols is 1. The average Bonchev–Trinajstić information content (AvgIpc) is 3.29. The molecule has 0 radical (unpaired) electrons. The third-order valence-electron chi connectivity index (χ3n) is 4.76. The number of phenolic OH excluding ortho intramolecular Hbond substituents is 1. The molecule has 0 aliphatic heterocycles. The molecule has 4 rings (SSSR count). The molecule has 0 saturated heterocycles. The van der Waals surface area contributed by atoms with Gasteiger partial charge < -0.3 is 9.84 Å². The van der Waals surface area contributed by atoms with E-state index in [1.807, 2.05) is 6.07 Å². The monoisotopic (exact) mass is 470 g/mol. The van der Waals surface area contributed by atoms with Gasteiger partial charge in [0.05, 0.1) is 16.8 Å². The van der Waals surface area contributed by atoms with Crippen LogP contribution in [0, 0.1) is 11.3 Å². The third kappa shape index (κ3) is 4.76. The van der Waals surface area contributed by atoms with Gasteiger partial charge in [0.2, 0.25) is 0 Å². The predicted molar refractivity (Wildman–Crippen MR) is 114 cm³/mol. The number of nitrogens with zero attached hydrogens (tertiary/aromatic N) is 3. The van der Waals surface area contributed by atoms with Gasteiger partial charge in [-0.3, -0.25) is 10.1 Å². The van der Waals surface area contributed by atoms with Gasteiger partial charge in [-0.15, -0.1) is 0 Å². The summed E-state index contributed by atoms with van der Waals surface area (Å²) in [5, 5.41) is 26.4. The normalized spacial score (nSPS) is 11.2. The van der Waals surface area contributed by atoms with E-state index in [0.717, 1.165) is 11.6 Å². The van der Waals surface area contributed by atoms with Crippen LogP contribution in [0.5, 0.6) is 11.5 Å². The lowest BCUT2D eigenvalue weighted by atomic mass is 9.99. The summed E-state index contributed by atoms with van der Waals surface area (Å²) >= 11 is 5.90. The van der Waals surface area contributed by atoms with Crippen molar-refractivity contribution in [1.82, 2.24) is 15.2 Å². The van der Waals surface area contributed by atoms with E-state index in [2.05, 4.69) is 15.2 Å². The highest BCUT2D eigenvalue weighted by molar-refractivity contribution is 6.30. The molecule has 2 aromatic heterocycles. The van der Waals surface area contributed by atoms with Crippen LogP contribution in [0.25, 0.3) is 22.4 Å². The zero-order chi connectivity index (χ0) is 23.6. The van der Waals surface area contributed by atoms with Gasteiger partial charge in [0, 0.05) is 28.5 Å². The van der Waals surface area contributed by atoms with E-state index < -0.39 is 11.9 Å². The fraction of sp³-hybridized carbons (Fsp3) is 0.0870. The van der Waals surface area contributed by atoms with Gasteiger partial charge in [0.15, 0.2) is 5.69 Å². The van der Waals surface area contributed by atoms with Crippen molar-refractivity contribution in [1.29, 1.82) is 5.26 Å². The van der Waals surface area contributed by atoms with Crippen molar-refractivity contribution in [3.8, 4) is 40.0 Å². The molecule has 0 saturated carbocycles. The van der Waals surface area contributed by atoms with Crippen molar-refractivity contribution in [2.24, 2.45) is 0 Å². The maximum absolute atomic E-state index is 13.0. The number of ether oxygens (including phenoxy) is 1. The number of nitriles is 1. The second-order valence-corrected chi connectivity index (χ2v) is 7.43. The Kier molecular flexibility index (Phi) is 5.94. The number of alkyl halides is 3. The summed E-state index contributed by atoms with van der Waals surface area (Å²) in [4.78, 5) is 4.01. The zero-order valence-corrected chi connectivity index (χ0v) is 17.4. The van der Waals surface area contributed by atoms with E-state index in [0.29, 0.717) is 10.6 Å². The Bertz CT molecular complexity index is 1350. The summed E-state index contributed by atoms with van der Waals surface area (Å²) in [6.07, 6.45) is -1.87. The molecule has 0 aliphatic carbocycles. The topological polar surface area (TPSA) is 94.8 Å². The van der Waals surface area contributed by atoms with Crippen LogP contribution in [0.4, 0.5) is 13.2 Å². The number of rotatable bonds is 5. The SMILES string of the molecule is N#Cc1cncc(-c2c(OCc3ccc(Cl)cc3)ccc(-c3cc(C(F)(F)F)n[nH]3)c2O)c1. The maximum atomic E-state index is 13.0. The number of pyridine rings is 1. The molecular formula is C23H14ClF3N4O2. The van der Waals surface area contributed by atoms with Gasteiger partial charge in [-0.05, 0) is 42.0 Å². The molecule has 0 unspecified atom stereocenters. The van der Waals surface area contributed by atoms with Crippen molar-refractivity contribution in [2.45, 2.75) is 12.8 Å². The van der Waals surface area contributed by atoms with Gasteiger partial charge in [0.1, 0.15) is 24.2 Å². The van der Waals surface area contributed by atoms with Crippen LogP contribution < -0.4 is 4.74 Å². The Morgan fingerprint density at radius 2 is 1.85 bits per heavy atom. The molecule has 0 spiro atoms. The minimum atomic E-state index is -4.64. The summed E-state index contributed by atoms with van der Waals surface area (Å²) in [7, 11) is 0. The first-order valence-electron chi connectivity index (χ1n) is 9.48. The highest BCUT2D eigenvalue weighted by Crippen LogP contribution is 2.44. The Balaban J connectivity index is 1.79. The van der Waals surface area contributed by atoms with E-state index in [1.165, 1.54) is 30.6 Å². The molecule has 2 N–H and O–H groups in total. The quantitative estimate of drug-likeness (QED) is 0.375. The van der Waals surface area contributed by atoms with E-state index in [-0.39, 0.29) is 40.5 Å². The number of halogens is 4. The summed E-state index contributed by atoms with van der Waals surface area (Å²) in [6.45, 7) is 0.136. The van der Waals surface area contributed by atoms with Crippen LogP contribution >= 0.6 is 11.6 Å². The fourth-order valence-corrected chi connectivity index (χ4v) is 3.30. The molecule has 0 atom stereocenters. The number of nitrogens with one attached hydrogen (secondary N) is 1. The highest BCUT2D eigenvalue weighted by Gasteiger charge is 2.34. The van der Waals surface area contributed by atoms with Gasteiger partial charge in [-0.1, -0.05) is 23.7 Å². The summed E-state index contributed by atoms with van der Waals surface area (Å²) in [6, 6.07) is 14.2. The van der Waals surface area contributed by atoms with Crippen molar-refractivity contribution in [3.63, 3.8) is 0 Å². The van der Waals surface area contributed by atoms with Gasteiger partial charge >= 0.3 is 6.18 Å². The second-order valence-electron chi connectivity index (χ2n) is 6.99. The predicted octanol–water partition coefficient (Wildman–Crippen LogP) is 5.97. The van der Waals surface area contributed by atoms with Crippen LogP contribution in [-0.4, -0.2) is 20.3 Å². The fourth-order valence-electron chi connectivity index (χ4n) is 3.17. The molecule has 2 heterocycles. The second kappa shape index (κ2) is 8.84. The molecule has 0 bridgehead atoms. The van der Waals surface area contributed by atoms with E-state index in [1.54, 1.807) is 24.3 Å². The summed E-state index contributed by atoms with van der Waals surface area (Å²) in [5.41, 5.74) is 0.505. The molecule has 0 fully saturated rings. The van der Waals surface area contributed by atoms with E-state index >= 15 is 0 Å². The van der Waals surface area contributed by atoms with Crippen molar-refractivity contribution >= 4 is 11.6 Å². The number of aromatic nitrogens is 3. The summed E-state index contributed by atoms with van der Waals surface area (Å²) in [5.74, 6) is -0.100. The van der Waals surface area contributed by atoms with Gasteiger partial charge in [-0.2, -0.15) is 23.5 Å². The number of hydrogen-bond donors (Lipinski definition) is 2. The molecule has 166 valence electrons. The average molecular weight is 471 g/mol. The lowest BCUT2D eigenvalue weighted by Crippen LogP contribution is -2.04. The van der Waals surface area contributed by atoms with Crippen LogP contribution in [0.15, 0.2) is 60.9 Å². The number of benzene rings is 2. The number of hydrogen-bond acceptors (Lipinski definition) is 5. The Morgan fingerprint density at radius 3 is 2.52 bits per heavy atom. The largest absolute Gasteiger partial charge is 0.506 e. The molecule has 0 amide bonds. The Morgan fingerprint density at radius 1 is 1.09 bits per heavy atom. The minimum Gasteiger partial charge on any atom is -0.506 e. The van der Waals surface area contributed by atoms with Crippen molar-refractivity contribution in [2.75, 3.05) is 0 Å².